The number of hydrogen-bond acceptors (Lipinski definition) is 5. The average Bonchev–Trinajstić information content (AvgIpc) is 2.60. The number of nitrogens with zero attached hydrogens (tertiary/aromatic N) is 1. The zero-order valence-corrected chi connectivity index (χ0v) is 16.7. The molecule has 2 aromatic rings. The summed E-state index contributed by atoms with van der Waals surface area (Å²) in [5.74, 6) is -1.28. The summed E-state index contributed by atoms with van der Waals surface area (Å²) in [7, 11) is 1.24. The van der Waals surface area contributed by atoms with Crippen LogP contribution >= 0.6 is 0 Å². The van der Waals surface area contributed by atoms with E-state index in [0.717, 1.165) is 17.2 Å². The molecule has 7 heteroatoms. The lowest BCUT2D eigenvalue weighted by molar-refractivity contribution is -0.134. The number of aryl methyl sites for hydroxylation is 2. The number of aromatic nitrogens is 2. The quantitative estimate of drug-likeness (QED) is 0.468. The standard InChI is InChI=1S/C21H24N2O5/c1-12(2)17-18(19(25)15-10-13(3)9-14(4)11-15)23(21(27)22-20(17)26)8-6-7-16(24)28-5/h6-7,9-12H,8H2,1-5H3,(H,22,26,27). The van der Waals surface area contributed by atoms with Gasteiger partial charge in [0.25, 0.3) is 5.56 Å². The number of nitrogens with one attached hydrogen (secondary N) is 1. The largest absolute Gasteiger partial charge is 0.466 e. The van der Waals surface area contributed by atoms with Gasteiger partial charge in [-0.3, -0.25) is 19.1 Å². The van der Waals surface area contributed by atoms with Crippen molar-refractivity contribution in [1.29, 1.82) is 0 Å². The lowest BCUT2D eigenvalue weighted by atomic mass is 9.95. The van der Waals surface area contributed by atoms with Gasteiger partial charge in [-0.1, -0.05) is 37.1 Å². The van der Waals surface area contributed by atoms with Crippen molar-refractivity contribution in [2.24, 2.45) is 0 Å². The first-order valence-electron chi connectivity index (χ1n) is 8.90. The summed E-state index contributed by atoms with van der Waals surface area (Å²) < 4.78 is 5.71. The number of ketones is 1. The van der Waals surface area contributed by atoms with Gasteiger partial charge in [-0.15, -0.1) is 0 Å². The van der Waals surface area contributed by atoms with Gasteiger partial charge in [0.05, 0.1) is 7.11 Å². The highest BCUT2D eigenvalue weighted by atomic mass is 16.5. The molecule has 0 saturated heterocycles. The number of ether oxygens (including phenoxy) is 1. The molecule has 28 heavy (non-hydrogen) atoms. The predicted molar refractivity (Wildman–Crippen MR) is 106 cm³/mol. The smallest absolute Gasteiger partial charge is 0.330 e. The zero-order valence-electron chi connectivity index (χ0n) is 16.7. The van der Waals surface area contributed by atoms with E-state index in [-0.39, 0.29) is 23.7 Å². The summed E-state index contributed by atoms with van der Waals surface area (Å²) >= 11 is 0. The molecule has 0 atom stereocenters. The van der Waals surface area contributed by atoms with Crippen LogP contribution < -0.4 is 11.2 Å². The van der Waals surface area contributed by atoms with E-state index in [2.05, 4.69) is 9.72 Å². The van der Waals surface area contributed by atoms with Crippen LogP contribution in [0.4, 0.5) is 0 Å². The van der Waals surface area contributed by atoms with E-state index >= 15 is 0 Å². The van der Waals surface area contributed by atoms with Crippen molar-refractivity contribution in [3.8, 4) is 0 Å². The van der Waals surface area contributed by atoms with Gasteiger partial charge in [-0.25, -0.2) is 9.59 Å². The van der Waals surface area contributed by atoms with E-state index in [9.17, 15) is 19.2 Å². The van der Waals surface area contributed by atoms with Crippen LogP contribution in [-0.2, 0) is 16.1 Å². The second-order valence-electron chi connectivity index (χ2n) is 6.92. The maximum atomic E-state index is 13.3. The number of methoxy groups -OCH3 is 1. The first-order chi connectivity index (χ1) is 13.1. The third-order valence-electron chi connectivity index (χ3n) is 4.25. The molecule has 0 unspecified atom stereocenters. The molecule has 0 aliphatic rings. The Bertz CT molecular complexity index is 1040. The Morgan fingerprint density at radius 1 is 1.14 bits per heavy atom. The molecule has 0 bridgehead atoms. The summed E-state index contributed by atoms with van der Waals surface area (Å²) in [4.78, 5) is 51.8. The highest BCUT2D eigenvalue weighted by molar-refractivity contribution is 6.09. The number of rotatable bonds is 6. The third-order valence-corrected chi connectivity index (χ3v) is 4.25. The normalized spacial score (nSPS) is 11.2. The van der Waals surface area contributed by atoms with Crippen LogP contribution in [0.2, 0.25) is 0 Å². The van der Waals surface area contributed by atoms with Crippen LogP contribution in [0, 0.1) is 13.8 Å². The minimum atomic E-state index is -0.711. The molecule has 1 heterocycles. The number of carbonyl (C=O) groups is 2. The van der Waals surface area contributed by atoms with E-state index in [1.807, 2.05) is 19.9 Å². The van der Waals surface area contributed by atoms with Crippen molar-refractivity contribution in [1.82, 2.24) is 9.55 Å². The van der Waals surface area contributed by atoms with Gasteiger partial charge in [0.1, 0.15) is 5.69 Å². The predicted octanol–water partition coefficient (Wildman–Crippen LogP) is 2.24. The SMILES string of the molecule is COC(=O)C=CCn1c(C(=O)c2cc(C)cc(C)c2)c(C(C)C)c(=O)[nH]c1=O. The van der Waals surface area contributed by atoms with Gasteiger partial charge in [0, 0.05) is 23.7 Å². The number of carbonyl (C=O) groups excluding carboxylic acids is 2. The Hall–Kier alpha value is -3.22. The molecule has 1 aromatic carbocycles. The molecule has 1 aromatic heterocycles. The summed E-state index contributed by atoms with van der Waals surface area (Å²) in [5.41, 5.74) is 1.17. The molecule has 0 saturated carbocycles. The molecule has 7 nitrogen and oxygen atoms in total. The van der Waals surface area contributed by atoms with Crippen LogP contribution in [0.1, 0.15) is 52.5 Å². The second kappa shape index (κ2) is 8.65. The number of hydrogen-bond donors (Lipinski definition) is 1. The molecule has 1 N–H and O–H groups in total. The third kappa shape index (κ3) is 4.54. The number of aromatic amines is 1. The molecule has 0 aliphatic carbocycles. The zero-order chi connectivity index (χ0) is 21.0. The second-order valence-corrected chi connectivity index (χ2v) is 6.92. The average molecular weight is 384 g/mol. The lowest BCUT2D eigenvalue weighted by Gasteiger charge is -2.16. The van der Waals surface area contributed by atoms with Gasteiger partial charge in [0.2, 0.25) is 5.78 Å². The Balaban J connectivity index is 2.72. The summed E-state index contributed by atoms with van der Waals surface area (Å²) in [6, 6.07) is 5.38. The highest BCUT2D eigenvalue weighted by Gasteiger charge is 2.24. The van der Waals surface area contributed by atoms with Gasteiger partial charge < -0.3 is 4.74 Å². The number of allylic oxidation sites excluding steroid dienone is 1. The molecule has 0 aliphatic heterocycles. The summed E-state index contributed by atoms with van der Waals surface area (Å²) in [5, 5.41) is 0. The maximum absolute atomic E-state index is 13.3. The molecule has 0 amide bonds. The first kappa shape index (κ1) is 21.1. The topological polar surface area (TPSA) is 98.2 Å². The molecule has 148 valence electrons. The maximum Gasteiger partial charge on any atom is 0.330 e. The van der Waals surface area contributed by atoms with E-state index < -0.39 is 23.0 Å². The fourth-order valence-electron chi connectivity index (χ4n) is 3.11. The van der Waals surface area contributed by atoms with Crippen LogP contribution in [0.3, 0.4) is 0 Å². The Morgan fingerprint density at radius 3 is 2.29 bits per heavy atom. The van der Waals surface area contributed by atoms with Gasteiger partial charge in [-0.2, -0.15) is 0 Å². The fourth-order valence-corrected chi connectivity index (χ4v) is 3.11. The van der Waals surface area contributed by atoms with Crippen molar-refractivity contribution in [2.75, 3.05) is 7.11 Å². The van der Waals surface area contributed by atoms with Crippen molar-refractivity contribution >= 4 is 11.8 Å². The first-order valence-corrected chi connectivity index (χ1v) is 8.90. The van der Waals surface area contributed by atoms with Gasteiger partial charge >= 0.3 is 11.7 Å². The Morgan fingerprint density at radius 2 is 1.75 bits per heavy atom. The van der Waals surface area contributed by atoms with Crippen molar-refractivity contribution in [3.05, 3.63) is 79.1 Å². The van der Waals surface area contributed by atoms with E-state index in [0.29, 0.717) is 5.56 Å². The minimum absolute atomic E-state index is 0.0308. The van der Waals surface area contributed by atoms with Crippen LogP contribution in [0.25, 0.3) is 0 Å². The van der Waals surface area contributed by atoms with Crippen molar-refractivity contribution < 1.29 is 14.3 Å². The lowest BCUT2D eigenvalue weighted by Crippen LogP contribution is -2.37. The van der Waals surface area contributed by atoms with E-state index in [1.54, 1.807) is 26.0 Å². The summed E-state index contributed by atoms with van der Waals surface area (Å²) in [6.07, 6.45) is 2.57. The van der Waals surface area contributed by atoms with Crippen LogP contribution in [0.5, 0.6) is 0 Å². The molecule has 0 radical (unpaired) electrons. The Kier molecular flexibility index (Phi) is 6.51. The van der Waals surface area contributed by atoms with Crippen LogP contribution in [0.15, 0.2) is 39.9 Å². The van der Waals surface area contributed by atoms with Gasteiger partial charge in [0.15, 0.2) is 0 Å². The molecule has 0 spiro atoms. The number of H-pyrrole nitrogens is 1. The van der Waals surface area contributed by atoms with Crippen molar-refractivity contribution in [3.63, 3.8) is 0 Å². The molecular weight excluding hydrogens is 360 g/mol. The Labute approximate surface area is 162 Å². The fraction of sp³-hybridized carbons (Fsp3) is 0.333. The van der Waals surface area contributed by atoms with E-state index in [1.165, 1.54) is 17.8 Å². The molecule has 0 fully saturated rings. The number of esters is 1. The van der Waals surface area contributed by atoms with Crippen molar-refractivity contribution in [2.45, 2.75) is 40.2 Å². The molecule has 2 rings (SSSR count). The monoisotopic (exact) mass is 384 g/mol. The highest BCUT2D eigenvalue weighted by Crippen LogP contribution is 2.19. The van der Waals surface area contributed by atoms with E-state index in [4.69, 9.17) is 0 Å². The van der Waals surface area contributed by atoms with Gasteiger partial charge in [-0.05, 0) is 31.9 Å². The molecular formula is C21H24N2O5. The van der Waals surface area contributed by atoms with Crippen LogP contribution in [-0.4, -0.2) is 28.4 Å². The number of benzene rings is 1. The minimum Gasteiger partial charge on any atom is -0.466 e. The summed E-state index contributed by atoms with van der Waals surface area (Å²) in [6.45, 7) is 7.24.